The van der Waals surface area contributed by atoms with Gasteiger partial charge in [-0.1, -0.05) is 0 Å². The molecule has 0 spiro atoms. The number of aliphatic hydroxyl groups excluding tert-OH is 1. The molecule has 1 aliphatic heterocycles. The first kappa shape index (κ1) is 7.98. The molecule has 0 aliphatic carbocycles. The highest BCUT2D eigenvalue weighted by Gasteiger charge is 2.15. The molecule has 0 aromatic carbocycles. The number of ether oxygens (including phenoxy) is 2. The van der Waals surface area contributed by atoms with Gasteiger partial charge < -0.3 is 14.6 Å². The van der Waals surface area contributed by atoms with E-state index in [1.165, 1.54) is 0 Å². The van der Waals surface area contributed by atoms with Crippen molar-refractivity contribution in [1.29, 1.82) is 0 Å². The first-order chi connectivity index (χ1) is 4.79. The SMILES string of the molecule is CC(O)CC1OCCCO1. The standard InChI is InChI=1S/C7H14O3/c1-6(8)5-7-9-3-2-4-10-7/h6-8H,2-5H2,1H3. The molecule has 1 atom stereocenters. The van der Waals surface area contributed by atoms with Crippen LogP contribution < -0.4 is 0 Å². The summed E-state index contributed by atoms with van der Waals surface area (Å²) in [7, 11) is 0. The predicted molar refractivity (Wildman–Crippen MR) is 36.6 cm³/mol. The van der Waals surface area contributed by atoms with Crippen LogP contribution in [0.15, 0.2) is 0 Å². The maximum absolute atomic E-state index is 8.94. The van der Waals surface area contributed by atoms with Crippen LogP contribution in [0.3, 0.4) is 0 Å². The number of hydrogen-bond acceptors (Lipinski definition) is 3. The van der Waals surface area contributed by atoms with Crippen molar-refractivity contribution in [3.63, 3.8) is 0 Å². The lowest BCUT2D eigenvalue weighted by Gasteiger charge is -2.23. The van der Waals surface area contributed by atoms with Gasteiger partial charge in [0.15, 0.2) is 6.29 Å². The minimum absolute atomic E-state index is 0.172. The van der Waals surface area contributed by atoms with Gasteiger partial charge in [0.25, 0.3) is 0 Å². The van der Waals surface area contributed by atoms with E-state index in [0.717, 1.165) is 19.6 Å². The number of rotatable bonds is 2. The highest BCUT2D eigenvalue weighted by Crippen LogP contribution is 2.09. The zero-order chi connectivity index (χ0) is 7.40. The molecule has 3 nitrogen and oxygen atoms in total. The Bertz CT molecular complexity index is 86.9. The summed E-state index contributed by atoms with van der Waals surface area (Å²) < 4.78 is 10.4. The minimum Gasteiger partial charge on any atom is -0.393 e. The molecule has 10 heavy (non-hydrogen) atoms. The Labute approximate surface area is 60.9 Å². The van der Waals surface area contributed by atoms with Crippen LogP contribution in [0.1, 0.15) is 19.8 Å². The van der Waals surface area contributed by atoms with Gasteiger partial charge in [0.05, 0.1) is 19.3 Å². The van der Waals surface area contributed by atoms with Gasteiger partial charge in [-0.25, -0.2) is 0 Å². The summed E-state index contributed by atoms with van der Waals surface area (Å²) in [5.74, 6) is 0. The van der Waals surface area contributed by atoms with E-state index >= 15 is 0 Å². The van der Waals surface area contributed by atoms with Crippen LogP contribution in [0.25, 0.3) is 0 Å². The fourth-order valence-corrected chi connectivity index (χ4v) is 0.951. The molecule has 0 aromatic rings. The summed E-state index contributed by atoms with van der Waals surface area (Å²) in [6.45, 7) is 3.26. The second-order valence-corrected chi connectivity index (χ2v) is 2.61. The predicted octanol–water partition coefficient (Wildman–Crippen LogP) is 0.520. The van der Waals surface area contributed by atoms with Crippen LogP contribution in [0, 0.1) is 0 Å². The van der Waals surface area contributed by atoms with E-state index in [1.807, 2.05) is 0 Å². The zero-order valence-corrected chi connectivity index (χ0v) is 6.25. The Morgan fingerprint density at radius 1 is 1.50 bits per heavy atom. The molecule has 1 unspecified atom stereocenters. The topological polar surface area (TPSA) is 38.7 Å². The summed E-state index contributed by atoms with van der Waals surface area (Å²) in [5, 5.41) is 8.94. The number of hydrogen-bond donors (Lipinski definition) is 1. The van der Waals surface area contributed by atoms with Crippen LogP contribution in [0.2, 0.25) is 0 Å². The lowest BCUT2D eigenvalue weighted by atomic mass is 10.3. The van der Waals surface area contributed by atoms with E-state index in [-0.39, 0.29) is 12.4 Å². The lowest BCUT2D eigenvalue weighted by Crippen LogP contribution is -2.27. The van der Waals surface area contributed by atoms with Gasteiger partial charge in [-0.15, -0.1) is 0 Å². The summed E-state index contributed by atoms with van der Waals surface area (Å²) >= 11 is 0. The third-order valence-corrected chi connectivity index (χ3v) is 1.43. The molecule has 0 radical (unpaired) electrons. The van der Waals surface area contributed by atoms with Gasteiger partial charge in [0, 0.05) is 6.42 Å². The normalized spacial score (nSPS) is 24.6. The average Bonchev–Trinajstić information content (AvgIpc) is 1.88. The van der Waals surface area contributed by atoms with Crippen molar-refractivity contribution in [2.75, 3.05) is 13.2 Å². The van der Waals surface area contributed by atoms with E-state index in [0.29, 0.717) is 6.42 Å². The van der Waals surface area contributed by atoms with Gasteiger partial charge in [0.2, 0.25) is 0 Å². The first-order valence-electron chi connectivity index (χ1n) is 3.70. The fraction of sp³-hybridized carbons (Fsp3) is 1.00. The monoisotopic (exact) mass is 146 g/mol. The molecular weight excluding hydrogens is 132 g/mol. The third kappa shape index (κ3) is 2.64. The van der Waals surface area contributed by atoms with Crippen LogP contribution >= 0.6 is 0 Å². The second-order valence-electron chi connectivity index (χ2n) is 2.61. The molecule has 0 aromatic heterocycles. The molecule has 60 valence electrons. The van der Waals surface area contributed by atoms with Crippen LogP contribution in [-0.4, -0.2) is 30.7 Å². The van der Waals surface area contributed by atoms with E-state index in [2.05, 4.69) is 0 Å². The van der Waals surface area contributed by atoms with E-state index in [4.69, 9.17) is 14.6 Å². The molecule has 0 amide bonds. The van der Waals surface area contributed by atoms with Crippen LogP contribution in [0.5, 0.6) is 0 Å². The van der Waals surface area contributed by atoms with Gasteiger partial charge in [0.1, 0.15) is 0 Å². The quantitative estimate of drug-likeness (QED) is 0.617. The third-order valence-electron chi connectivity index (χ3n) is 1.43. The molecule has 1 rings (SSSR count). The summed E-state index contributed by atoms with van der Waals surface area (Å²) in [5.41, 5.74) is 0. The molecule has 1 aliphatic rings. The van der Waals surface area contributed by atoms with Gasteiger partial charge in [-0.3, -0.25) is 0 Å². The molecule has 1 heterocycles. The molecule has 1 N–H and O–H groups in total. The second kappa shape index (κ2) is 3.91. The molecule has 1 saturated heterocycles. The largest absolute Gasteiger partial charge is 0.393 e. The zero-order valence-electron chi connectivity index (χ0n) is 6.25. The Morgan fingerprint density at radius 3 is 2.60 bits per heavy atom. The Kier molecular flexibility index (Phi) is 3.12. The van der Waals surface area contributed by atoms with Crippen LogP contribution in [0.4, 0.5) is 0 Å². The van der Waals surface area contributed by atoms with Crippen molar-refractivity contribution in [2.24, 2.45) is 0 Å². The number of aliphatic hydroxyl groups is 1. The molecule has 0 saturated carbocycles. The first-order valence-corrected chi connectivity index (χ1v) is 3.70. The highest BCUT2D eigenvalue weighted by molar-refractivity contribution is 4.55. The molecule has 3 heteroatoms. The summed E-state index contributed by atoms with van der Waals surface area (Å²) in [6.07, 6.45) is 1.05. The Hall–Kier alpha value is -0.120. The van der Waals surface area contributed by atoms with E-state index < -0.39 is 0 Å². The fourth-order valence-electron chi connectivity index (χ4n) is 0.951. The van der Waals surface area contributed by atoms with E-state index in [9.17, 15) is 0 Å². The Morgan fingerprint density at radius 2 is 2.10 bits per heavy atom. The highest BCUT2D eigenvalue weighted by atomic mass is 16.7. The van der Waals surface area contributed by atoms with Gasteiger partial charge in [-0.2, -0.15) is 0 Å². The molecular formula is C7H14O3. The van der Waals surface area contributed by atoms with Crippen molar-refractivity contribution in [3.05, 3.63) is 0 Å². The van der Waals surface area contributed by atoms with Crippen LogP contribution in [-0.2, 0) is 9.47 Å². The van der Waals surface area contributed by atoms with Crippen molar-refractivity contribution >= 4 is 0 Å². The van der Waals surface area contributed by atoms with Gasteiger partial charge in [-0.05, 0) is 13.3 Å². The van der Waals surface area contributed by atoms with Crippen molar-refractivity contribution in [1.82, 2.24) is 0 Å². The van der Waals surface area contributed by atoms with Gasteiger partial charge >= 0.3 is 0 Å². The summed E-state index contributed by atoms with van der Waals surface area (Å²) in [4.78, 5) is 0. The maximum atomic E-state index is 8.94. The van der Waals surface area contributed by atoms with Crippen molar-refractivity contribution in [2.45, 2.75) is 32.2 Å². The minimum atomic E-state index is -0.330. The van der Waals surface area contributed by atoms with E-state index in [1.54, 1.807) is 6.92 Å². The average molecular weight is 146 g/mol. The lowest BCUT2D eigenvalue weighted by molar-refractivity contribution is -0.189. The molecule has 0 bridgehead atoms. The Balaban J connectivity index is 2.13. The smallest absolute Gasteiger partial charge is 0.160 e. The molecule has 1 fully saturated rings. The van der Waals surface area contributed by atoms with Crippen molar-refractivity contribution < 1.29 is 14.6 Å². The summed E-state index contributed by atoms with van der Waals surface area (Å²) in [6, 6.07) is 0. The van der Waals surface area contributed by atoms with Crippen molar-refractivity contribution in [3.8, 4) is 0 Å². The maximum Gasteiger partial charge on any atom is 0.160 e.